The molecule has 0 radical (unpaired) electrons. The summed E-state index contributed by atoms with van der Waals surface area (Å²) < 4.78 is 4.90. The number of rotatable bonds is 2. The van der Waals surface area contributed by atoms with Crippen LogP contribution in [0.5, 0.6) is 0 Å². The monoisotopic (exact) mass is 245 g/mol. The number of hydroxylamine groups is 2. The van der Waals surface area contributed by atoms with Gasteiger partial charge in [-0.15, -0.1) is 0 Å². The van der Waals surface area contributed by atoms with Crippen molar-refractivity contribution in [3.05, 3.63) is 0 Å². The maximum atomic E-state index is 11.3. The Kier molecular flexibility index (Phi) is 3.28. The van der Waals surface area contributed by atoms with Gasteiger partial charge in [0.05, 0.1) is 0 Å². The van der Waals surface area contributed by atoms with Crippen LogP contribution in [-0.4, -0.2) is 45.9 Å². The number of β-lactam (4-membered cyclic amide) rings is 1. The van der Waals surface area contributed by atoms with Gasteiger partial charge < -0.3 is 15.8 Å². The minimum Gasteiger partial charge on any atom is -0.444 e. The van der Waals surface area contributed by atoms with Gasteiger partial charge in [0.1, 0.15) is 11.6 Å². The first-order valence-electron chi connectivity index (χ1n) is 4.94. The molecule has 1 rings (SSSR count). The van der Waals surface area contributed by atoms with Gasteiger partial charge in [0.2, 0.25) is 5.91 Å². The van der Waals surface area contributed by atoms with Crippen LogP contribution in [0.2, 0.25) is 0 Å². The van der Waals surface area contributed by atoms with Crippen LogP contribution in [0.1, 0.15) is 20.8 Å². The fraction of sp³-hybridized carbons (Fsp3) is 0.667. The first-order valence-corrected chi connectivity index (χ1v) is 4.94. The zero-order chi connectivity index (χ0) is 13.4. The van der Waals surface area contributed by atoms with E-state index < -0.39 is 35.6 Å². The van der Waals surface area contributed by atoms with Crippen molar-refractivity contribution in [2.75, 3.05) is 0 Å². The molecule has 0 saturated carbocycles. The van der Waals surface area contributed by atoms with Crippen molar-refractivity contribution in [1.29, 1.82) is 0 Å². The molecule has 1 aliphatic heterocycles. The number of nitrogens with zero attached hydrogens (tertiary/aromatic N) is 1. The van der Waals surface area contributed by atoms with Gasteiger partial charge in [-0.05, 0) is 20.8 Å². The van der Waals surface area contributed by atoms with Crippen LogP contribution >= 0.6 is 0 Å². The number of primary amides is 1. The van der Waals surface area contributed by atoms with Crippen molar-refractivity contribution in [2.24, 2.45) is 5.73 Å². The van der Waals surface area contributed by atoms with Crippen molar-refractivity contribution in [1.82, 2.24) is 10.4 Å². The molecule has 0 aromatic carbocycles. The average molecular weight is 245 g/mol. The summed E-state index contributed by atoms with van der Waals surface area (Å²) in [6.07, 6.45) is -0.852. The average Bonchev–Trinajstić information content (AvgIpc) is 2.12. The predicted octanol–water partition coefficient (Wildman–Crippen LogP) is -1.03. The smallest absolute Gasteiger partial charge is 0.408 e. The number of nitrogens with one attached hydrogen (secondary N) is 1. The molecule has 0 bridgehead atoms. The van der Waals surface area contributed by atoms with E-state index >= 15 is 0 Å². The molecule has 1 saturated heterocycles. The zero-order valence-electron chi connectivity index (χ0n) is 9.76. The maximum Gasteiger partial charge on any atom is 0.408 e. The number of alkyl carbamates (subject to hydrolysis) is 1. The highest BCUT2D eigenvalue weighted by Gasteiger charge is 2.52. The molecule has 3 amide bonds. The van der Waals surface area contributed by atoms with Crippen molar-refractivity contribution in [3.8, 4) is 0 Å². The number of amides is 3. The summed E-state index contributed by atoms with van der Waals surface area (Å²) in [5, 5.41) is 11.4. The van der Waals surface area contributed by atoms with Gasteiger partial charge in [-0.25, -0.2) is 9.86 Å². The number of hydrogen-bond donors (Lipinski definition) is 3. The number of ether oxygens (including phenoxy) is 1. The molecule has 0 aromatic heterocycles. The Bertz CT molecular complexity index is 362. The second-order valence-electron chi connectivity index (χ2n) is 4.65. The molecule has 17 heavy (non-hydrogen) atoms. The van der Waals surface area contributed by atoms with Gasteiger partial charge in [0.15, 0.2) is 6.04 Å². The number of carbonyl (C=O) groups is 3. The Labute approximate surface area is 97.6 Å². The lowest BCUT2D eigenvalue weighted by molar-refractivity contribution is -0.209. The maximum absolute atomic E-state index is 11.3. The fourth-order valence-electron chi connectivity index (χ4n) is 1.33. The molecule has 8 nitrogen and oxygen atoms in total. The third-order valence-electron chi connectivity index (χ3n) is 2.03. The number of carbonyl (C=O) groups excluding carboxylic acids is 3. The summed E-state index contributed by atoms with van der Waals surface area (Å²) in [5.74, 6) is -1.71. The van der Waals surface area contributed by atoms with E-state index in [1.807, 2.05) is 0 Å². The summed E-state index contributed by atoms with van der Waals surface area (Å²) in [6, 6.07) is -2.43. The van der Waals surface area contributed by atoms with Crippen molar-refractivity contribution in [3.63, 3.8) is 0 Å². The molecule has 1 fully saturated rings. The third kappa shape index (κ3) is 2.84. The first kappa shape index (κ1) is 13.2. The Morgan fingerprint density at radius 1 is 1.47 bits per heavy atom. The van der Waals surface area contributed by atoms with Crippen LogP contribution in [0.15, 0.2) is 0 Å². The lowest BCUT2D eigenvalue weighted by Gasteiger charge is -2.40. The lowest BCUT2D eigenvalue weighted by atomic mass is 9.98. The van der Waals surface area contributed by atoms with Crippen molar-refractivity contribution in [2.45, 2.75) is 38.5 Å². The molecule has 1 aliphatic rings. The Morgan fingerprint density at radius 2 is 2.00 bits per heavy atom. The number of nitrogens with two attached hydrogens (primary N) is 1. The Balaban J connectivity index is 2.60. The molecule has 0 aromatic rings. The molecule has 2 atom stereocenters. The standard InChI is InChI=1S/C9H15N3O5/c1-9(2,3)17-8(15)11-4-5(6(10)13)12(16)7(4)14/h4-5,16H,1-3H3,(H2,10,13)(H,11,15)/t4-,5+/m0/s1. The molecular weight excluding hydrogens is 230 g/mol. The van der Waals surface area contributed by atoms with Gasteiger partial charge in [0, 0.05) is 0 Å². The summed E-state index contributed by atoms with van der Waals surface area (Å²) in [4.78, 5) is 33.4. The second kappa shape index (κ2) is 4.21. The molecule has 0 spiro atoms. The topological polar surface area (TPSA) is 122 Å². The highest BCUT2D eigenvalue weighted by molar-refractivity contribution is 6.01. The van der Waals surface area contributed by atoms with Crippen LogP contribution in [-0.2, 0) is 14.3 Å². The highest BCUT2D eigenvalue weighted by atomic mass is 16.6. The van der Waals surface area contributed by atoms with E-state index in [1.54, 1.807) is 20.8 Å². The highest BCUT2D eigenvalue weighted by Crippen LogP contribution is 2.17. The van der Waals surface area contributed by atoms with Gasteiger partial charge in [-0.3, -0.25) is 14.8 Å². The van der Waals surface area contributed by atoms with E-state index in [-0.39, 0.29) is 5.06 Å². The van der Waals surface area contributed by atoms with Crippen LogP contribution < -0.4 is 11.1 Å². The normalized spacial score (nSPS) is 24.0. The van der Waals surface area contributed by atoms with Gasteiger partial charge >= 0.3 is 6.09 Å². The van der Waals surface area contributed by atoms with Crippen LogP contribution in [0.25, 0.3) is 0 Å². The quantitative estimate of drug-likeness (QED) is 0.424. The van der Waals surface area contributed by atoms with Gasteiger partial charge in [-0.2, -0.15) is 0 Å². The zero-order valence-corrected chi connectivity index (χ0v) is 9.76. The number of hydrogen-bond acceptors (Lipinski definition) is 5. The van der Waals surface area contributed by atoms with E-state index in [0.29, 0.717) is 0 Å². The summed E-state index contributed by atoms with van der Waals surface area (Å²) in [7, 11) is 0. The minimum absolute atomic E-state index is 0.185. The van der Waals surface area contributed by atoms with Crippen molar-refractivity contribution >= 4 is 17.9 Å². The molecule has 0 aliphatic carbocycles. The fourth-order valence-corrected chi connectivity index (χ4v) is 1.33. The molecular formula is C9H15N3O5. The van der Waals surface area contributed by atoms with E-state index in [0.717, 1.165) is 0 Å². The minimum atomic E-state index is -1.25. The summed E-state index contributed by atoms with van der Waals surface area (Å²) >= 11 is 0. The van der Waals surface area contributed by atoms with E-state index in [2.05, 4.69) is 5.32 Å². The van der Waals surface area contributed by atoms with E-state index in [1.165, 1.54) is 0 Å². The second-order valence-corrected chi connectivity index (χ2v) is 4.65. The third-order valence-corrected chi connectivity index (χ3v) is 2.03. The van der Waals surface area contributed by atoms with Gasteiger partial charge in [0.25, 0.3) is 5.91 Å². The molecule has 0 unspecified atom stereocenters. The molecule has 4 N–H and O–H groups in total. The van der Waals surface area contributed by atoms with Crippen LogP contribution in [0.3, 0.4) is 0 Å². The Morgan fingerprint density at radius 3 is 2.41 bits per heavy atom. The molecule has 8 heteroatoms. The first-order chi connectivity index (χ1) is 7.63. The van der Waals surface area contributed by atoms with Crippen LogP contribution in [0.4, 0.5) is 4.79 Å². The molecule has 1 heterocycles. The predicted molar refractivity (Wildman–Crippen MR) is 54.8 cm³/mol. The lowest BCUT2D eigenvalue weighted by Crippen LogP contribution is -2.73. The van der Waals surface area contributed by atoms with E-state index in [4.69, 9.17) is 15.7 Å². The summed E-state index contributed by atoms with van der Waals surface area (Å²) in [6.45, 7) is 4.96. The largest absolute Gasteiger partial charge is 0.444 e. The summed E-state index contributed by atoms with van der Waals surface area (Å²) in [5.41, 5.74) is 4.23. The Hall–Kier alpha value is -1.83. The van der Waals surface area contributed by atoms with Gasteiger partial charge in [-0.1, -0.05) is 0 Å². The van der Waals surface area contributed by atoms with E-state index in [9.17, 15) is 14.4 Å². The SMILES string of the molecule is CC(C)(C)OC(=O)N[C@@H]1C(=O)N(O)[C@H]1C(N)=O. The molecule has 96 valence electrons. The van der Waals surface area contributed by atoms with Crippen molar-refractivity contribution < 1.29 is 24.3 Å². The van der Waals surface area contributed by atoms with Crippen LogP contribution in [0, 0.1) is 0 Å².